The number of methoxy groups -OCH3 is 1. The van der Waals surface area contributed by atoms with Crippen molar-refractivity contribution in [2.24, 2.45) is 5.92 Å². The van der Waals surface area contributed by atoms with Gasteiger partial charge < -0.3 is 9.64 Å². The number of rotatable bonds is 4. The molecule has 110 valence electrons. The van der Waals surface area contributed by atoms with Crippen LogP contribution in [0, 0.1) is 19.8 Å². The maximum atomic E-state index is 5.35. The number of anilines is 1. The van der Waals surface area contributed by atoms with Crippen molar-refractivity contribution in [2.75, 3.05) is 44.7 Å². The maximum Gasteiger partial charge on any atom is 0.221 e. The van der Waals surface area contributed by atoms with E-state index < -0.39 is 0 Å². The molecule has 5 nitrogen and oxygen atoms in total. The van der Waals surface area contributed by atoms with Crippen molar-refractivity contribution in [2.45, 2.75) is 26.7 Å². The number of nitrogens with zero attached hydrogens (tertiary/aromatic N) is 4. The summed E-state index contributed by atoms with van der Waals surface area (Å²) in [5.74, 6) is 3.50. The van der Waals surface area contributed by atoms with Crippen LogP contribution < -0.4 is 9.64 Å². The van der Waals surface area contributed by atoms with Gasteiger partial charge in [-0.3, -0.25) is 4.90 Å². The van der Waals surface area contributed by atoms with Gasteiger partial charge in [-0.1, -0.05) is 0 Å². The van der Waals surface area contributed by atoms with Crippen LogP contribution in [0.15, 0.2) is 0 Å². The van der Waals surface area contributed by atoms with Crippen LogP contribution in [0.4, 0.5) is 5.82 Å². The quantitative estimate of drug-likeness (QED) is 0.836. The zero-order valence-corrected chi connectivity index (χ0v) is 12.7. The Morgan fingerprint density at radius 2 is 1.80 bits per heavy atom. The van der Waals surface area contributed by atoms with Crippen molar-refractivity contribution < 1.29 is 4.74 Å². The molecule has 1 saturated carbocycles. The van der Waals surface area contributed by atoms with Gasteiger partial charge in [0.2, 0.25) is 5.88 Å². The molecule has 5 heteroatoms. The highest BCUT2D eigenvalue weighted by Gasteiger charge is 2.27. The Bertz CT molecular complexity index is 479. The summed E-state index contributed by atoms with van der Waals surface area (Å²) in [4.78, 5) is 13.9. The normalized spacial score (nSPS) is 20.2. The second kappa shape index (κ2) is 5.56. The van der Waals surface area contributed by atoms with Gasteiger partial charge in [0.25, 0.3) is 0 Å². The summed E-state index contributed by atoms with van der Waals surface area (Å²) in [6, 6.07) is 0. The molecule has 0 spiro atoms. The van der Waals surface area contributed by atoms with Gasteiger partial charge in [-0.15, -0.1) is 0 Å². The van der Waals surface area contributed by atoms with E-state index in [0.717, 1.165) is 49.3 Å². The van der Waals surface area contributed by atoms with E-state index >= 15 is 0 Å². The number of piperazine rings is 1. The smallest absolute Gasteiger partial charge is 0.221 e. The van der Waals surface area contributed by atoms with E-state index in [9.17, 15) is 0 Å². The second-order valence-electron chi connectivity index (χ2n) is 5.96. The van der Waals surface area contributed by atoms with Crippen LogP contribution in [0.3, 0.4) is 0 Å². The predicted molar refractivity (Wildman–Crippen MR) is 79.4 cm³/mol. The zero-order chi connectivity index (χ0) is 14.1. The van der Waals surface area contributed by atoms with Crippen molar-refractivity contribution in [3.05, 3.63) is 11.4 Å². The summed E-state index contributed by atoms with van der Waals surface area (Å²) in [7, 11) is 1.67. The molecular weight excluding hydrogens is 252 g/mol. The Labute approximate surface area is 121 Å². The van der Waals surface area contributed by atoms with E-state index in [4.69, 9.17) is 4.74 Å². The summed E-state index contributed by atoms with van der Waals surface area (Å²) in [6.45, 7) is 9.64. The fourth-order valence-corrected chi connectivity index (χ4v) is 2.90. The van der Waals surface area contributed by atoms with Crippen molar-refractivity contribution in [1.82, 2.24) is 14.9 Å². The molecule has 1 aromatic rings. The molecule has 3 rings (SSSR count). The Kier molecular flexibility index (Phi) is 3.78. The van der Waals surface area contributed by atoms with Crippen molar-refractivity contribution >= 4 is 5.82 Å². The molecule has 2 fully saturated rings. The van der Waals surface area contributed by atoms with Gasteiger partial charge in [0.15, 0.2) is 0 Å². The number of hydrogen-bond acceptors (Lipinski definition) is 5. The molecule has 2 aliphatic rings. The van der Waals surface area contributed by atoms with Crippen LogP contribution in [0.1, 0.15) is 24.2 Å². The zero-order valence-electron chi connectivity index (χ0n) is 12.7. The predicted octanol–water partition coefficient (Wildman–Crippen LogP) is 1.63. The van der Waals surface area contributed by atoms with Gasteiger partial charge in [0, 0.05) is 32.7 Å². The van der Waals surface area contributed by atoms with Crippen molar-refractivity contribution in [3.63, 3.8) is 0 Å². The second-order valence-corrected chi connectivity index (χ2v) is 5.96. The molecule has 1 aromatic heterocycles. The molecule has 0 amide bonds. The fourth-order valence-electron chi connectivity index (χ4n) is 2.90. The first-order chi connectivity index (χ1) is 9.67. The minimum atomic E-state index is 0.702. The highest BCUT2D eigenvalue weighted by atomic mass is 16.5. The van der Waals surface area contributed by atoms with Crippen LogP contribution in [0.25, 0.3) is 0 Å². The third-order valence-electron chi connectivity index (χ3n) is 4.27. The fraction of sp³-hybridized carbons (Fsp3) is 0.733. The van der Waals surface area contributed by atoms with Gasteiger partial charge in [-0.25, -0.2) is 4.98 Å². The lowest BCUT2D eigenvalue weighted by molar-refractivity contribution is 0.247. The lowest BCUT2D eigenvalue weighted by Gasteiger charge is -2.36. The average Bonchev–Trinajstić information content (AvgIpc) is 3.26. The molecule has 0 aromatic carbocycles. The van der Waals surface area contributed by atoms with E-state index in [1.807, 2.05) is 13.8 Å². The molecular formula is C15H24N4O. The van der Waals surface area contributed by atoms with Crippen LogP contribution in [-0.4, -0.2) is 54.7 Å². The first-order valence-electron chi connectivity index (χ1n) is 7.54. The SMILES string of the molecule is COc1nc(C)nc(N2CCN(CC3CC3)CC2)c1C. The van der Waals surface area contributed by atoms with E-state index in [1.165, 1.54) is 19.4 Å². The van der Waals surface area contributed by atoms with Gasteiger partial charge in [0.05, 0.1) is 12.7 Å². The Morgan fingerprint density at radius 3 is 2.40 bits per heavy atom. The van der Waals surface area contributed by atoms with Crippen molar-refractivity contribution in [1.29, 1.82) is 0 Å². The number of hydrogen-bond donors (Lipinski definition) is 0. The molecule has 0 atom stereocenters. The molecule has 1 aliphatic heterocycles. The number of ether oxygens (including phenoxy) is 1. The molecule has 1 saturated heterocycles. The minimum absolute atomic E-state index is 0.702. The minimum Gasteiger partial charge on any atom is -0.481 e. The lowest BCUT2D eigenvalue weighted by atomic mass is 10.2. The summed E-state index contributed by atoms with van der Waals surface area (Å²) < 4.78 is 5.35. The first-order valence-corrected chi connectivity index (χ1v) is 7.54. The Morgan fingerprint density at radius 1 is 1.10 bits per heavy atom. The Balaban J connectivity index is 1.69. The monoisotopic (exact) mass is 276 g/mol. The standard InChI is InChI=1S/C15H24N4O/c1-11-14(16-12(2)17-15(11)20-3)19-8-6-18(7-9-19)10-13-4-5-13/h13H,4-10H2,1-3H3. The number of aromatic nitrogens is 2. The molecule has 0 unspecified atom stereocenters. The van der Waals surface area contributed by atoms with Crippen LogP contribution in [0.2, 0.25) is 0 Å². The summed E-state index contributed by atoms with van der Waals surface area (Å²) in [6.07, 6.45) is 2.86. The van der Waals surface area contributed by atoms with E-state index in [2.05, 4.69) is 19.8 Å². The third kappa shape index (κ3) is 2.87. The summed E-state index contributed by atoms with van der Waals surface area (Å²) in [5.41, 5.74) is 1.05. The first kappa shape index (κ1) is 13.6. The van der Waals surface area contributed by atoms with Crippen molar-refractivity contribution in [3.8, 4) is 5.88 Å². The third-order valence-corrected chi connectivity index (χ3v) is 4.27. The molecule has 2 heterocycles. The van der Waals surface area contributed by atoms with Crippen LogP contribution in [-0.2, 0) is 0 Å². The van der Waals surface area contributed by atoms with Gasteiger partial charge in [-0.2, -0.15) is 4.98 Å². The Hall–Kier alpha value is -1.36. The van der Waals surface area contributed by atoms with E-state index in [0.29, 0.717) is 5.88 Å². The highest BCUT2D eigenvalue weighted by molar-refractivity contribution is 5.51. The average molecular weight is 276 g/mol. The van der Waals surface area contributed by atoms with E-state index in [-0.39, 0.29) is 0 Å². The summed E-state index contributed by atoms with van der Waals surface area (Å²) >= 11 is 0. The van der Waals surface area contributed by atoms with Crippen LogP contribution in [0.5, 0.6) is 5.88 Å². The molecule has 0 N–H and O–H groups in total. The molecule has 1 aliphatic carbocycles. The topological polar surface area (TPSA) is 41.5 Å². The van der Waals surface area contributed by atoms with E-state index in [1.54, 1.807) is 7.11 Å². The lowest BCUT2D eigenvalue weighted by Crippen LogP contribution is -2.47. The largest absolute Gasteiger partial charge is 0.481 e. The molecule has 0 bridgehead atoms. The van der Waals surface area contributed by atoms with Gasteiger partial charge >= 0.3 is 0 Å². The number of aryl methyl sites for hydroxylation is 1. The van der Waals surface area contributed by atoms with Crippen LogP contribution >= 0.6 is 0 Å². The highest BCUT2D eigenvalue weighted by Crippen LogP contribution is 2.30. The van der Waals surface area contributed by atoms with Gasteiger partial charge in [-0.05, 0) is 32.6 Å². The molecule has 20 heavy (non-hydrogen) atoms. The molecule has 0 radical (unpaired) electrons. The van der Waals surface area contributed by atoms with Gasteiger partial charge in [0.1, 0.15) is 11.6 Å². The maximum absolute atomic E-state index is 5.35. The summed E-state index contributed by atoms with van der Waals surface area (Å²) in [5, 5.41) is 0.